The minimum atomic E-state index is -0.505. The first-order valence-corrected chi connectivity index (χ1v) is 11.4. The van der Waals surface area contributed by atoms with E-state index in [1.54, 1.807) is 12.3 Å². The van der Waals surface area contributed by atoms with Crippen LogP contribution in [-0.4, -0.2) is 54.2 Å². The number of nitrogens with one attached hydrogen (secondary N) is 1. The molecule has 1 aromatic carbocycles. The number of carbonyl (C=O) groups excluding carboxylic acids is 1. The number of ether oxygens (including phenoxy) is 1. The van der Waals surface area contributed by atoms with Crippen LogP contribution in [0.25, 0.3) is 0 Å². The van der Waals surface area contributed by atoms with Crippen molar-refractivity contribution in [3.63, 3.8) is 0 Å². The number of hydrogen-bond donors (Lipinski definition) is 1. The first-order valence-electron chi connectivity index (χ1n) is 11.0. The third-order valence-electron chi connectivity index (χ3n) is 6.13. The molecule has 1 atom stereocenters. The molecule has 0 spiro atoms. The van der Waals surface area contributed by atoms with Gasteiger partial charge in [-0.25, -0.2) is 4.39 Å². The normalized spacial score (nSPS) is 18.2. The van der Waals surface area contributed by atoms with Crippen molar-refractivity contribution in [3.05, 3.63) is 52.6 Å². The van der Waals surface area contributed by atoms with Crippen molar-refractivity contribution in [1.82, 2.24) is 15.2 Å². The molecule has 4 rings (SSSR count). The second kappa shape index (κ2) is 10.1. The van der Waals surface area contributed by atoms with E-state index in [2.05, 4.69) is 22.2 Å². The number of halogens is 2. The molecule has 0 unspecified atom stereocenters. The lowest BCUT2D eigenvalue weighted by Crippen LogP contribution is -2.35. The molecule has 0 amide bonds. The van der Waals surface area contributed by atoms with Crippen LogP contribution in [0.2, 0.25) is 5.02 Å². The van der Waals surface area contributed by atoms with Crippen molar-refractivity contribution < 1.29 is 13.9 Å². The lowest BCUT2D eigenvalue weighted by molar-refractivity contribution is 0.0996. The van der Waals surface area contributed by atoms with Gasteiger partial charge in [0.25, 0.3) is 0 Å². The monoisotopic (exact) mass is 458 g/mol. The molecule has 2 aromatic rings. The van der Waals surface area contributed by atoms with E-state index < -0.39 is 11.9 Å². The number of hydrogen-bond acceptors (Lipinski definition) is 6. The fraction of sp³-hybridized carbons (Fsp3) is 0.458. The van der Waals surface area contributed by atoms with Crippen LogP contribution in [0, 0.1) is 11.7 Å². The van der Waals surface area contributed by atoms with Crippen molar-refractivity contribution in [2.24, 2.45) is 10.9 Å². The number of piperidine rings is 1. The average molecular weight is 459 g/mol. The lowest BCUT2D eigenvalue weighted by atomic mass is 9.96. The van der Waals surface area contributed by atoms with Gasteiger partial charge in [-0.3, -0.25) is 14.8 Å². The Morgan fingerprint density at radius 2 is 2.09 bits per heavy atom. The van der Waals surface area contributed by atoms with Crippen LogP contribution >= 0.6 is 11.6 Å². The molecular weight excluding hydrogens is 431 g/mol. The van der Waals surface area contributed by atoms with Crippen molar-refractivity contribution >= 4 is 28.8 Å². The Bertz CT molecular complexity index is 1020. The molecule has 3 heterocycles. The Hall–Kier alpha value is -2.35. The summed E-state index contributed by atoms with van der Waals surface area (Å²) in [5.41, 5.74) is 2.59. The maximum Gasteiger partial charge on any atom is 0.170 e. The van der Waals surface area contributed by atoms with Crippen molar-refractivity contribution in [3.8, 4) is 5.75 Å². The highest BCUT2D eigenvalue weighted by molar-refractivity contribution is 6.30. The minimum Gasteiger partial charge on any atom is -0.485 e. The quantitative estimate of drug-likeness (QED) is 0.664. The molecule has 1 fully saturated rings. The van der Waals surface area contributed by atoms with Crippen LogP contribution in [-0.2, 0) is 6.54 Å². The number of aromatic nitrogens is 1. The molecule has 6 nitrogen and oxygen atoms in total. The molecule has 1 aromatic heterocycles. The van der Waals surface area contributed by atoms with Gasteiger partial charge in [0.05, 0.1) is 28.5 Å². The number of Topliss-reactive ketones (excluding diaryl/α,β-unsaturated/α-hetero) is 1. The van der Waals surface area contributed by atoms with E-state index >= 15 is 0 Å². The van der Waals surface area contributed by atoms with Crippen molar-refractivity contribution in [2.75, 3.05) is 26.7 Å². The van der Waals surface area contributed by atoms with Gasteiger partial charge >= 0.3 is 0 Å². The number of benzene rings is 1. The Morgan fingerprint density at radius 3 is 2.84 bits per heavy atom. The summed E-state index contributed by atoms with van der Waals surface area (Å²) in [4.78, 5) is 24.4. The number of rotatable bonds is 7. The van der Waals surface area contributed by atoms with Gasteiger partial charge in [-0.15, -0.1) is 0 Å². The molecule has 0 radical (unpaired) electrons. The number of pyridine rings is 1. The van der Waals surface area contributed by atoms with E-state index in [-0.39, 0.29) is 17.2 Å². The maximum absolute atomic E-state index is 13.4. The lowest BCUT2D eigenvalue weighted by Gasteiger charge is -2.29. The summed E-state index contributed by atoms with van der Waals surface area (Å²) in [6.45, 7) is 5.56. The van der Waals surface area contributed by atoms with Gasteiger partial charge in [-0.2, -0.15) is 0 Å². The topological polar surface area (TPSA) is 66.8 Å². The first-order chi connectivity index (χ1) is 15.4. The van der Waals surface area contributed by atoms with Gasteiger partial charge in [0, 0.05) is 24.4 Å². The minimum absolute atomic E-state index is 0.00319. The molecule has 2 aliphatic heterocycles. The van der Waals surface area contributed by atoms with E-state index in [4.69, 9.17) is 21.3 Å². The van der Waals surface area contributed by atoms with Gasteiger partial charge in [0.15, 0.2) is 5.78 Å². The van der Waals surface area contributed by atoms with Gasteiger partial charge in [-0.1, -0.05) is 11.6 Å². The third kappa shape index (κ3) is 5.34. The number of ketones is 1. The highest BCUT2D eigenvalue weighted by atomic mass is 35.5. The highest BCUT2D eigenvalue weighted by Gasteiger charge is 2.27. The van der Waals surface area contributed by atoms with Gasteiger partial charge in [0.1, 0.15) is 17.7 Å². The summed E-state index contributed by atoms with van der Waals surface area (Å²) in [5.74, 6) is 0.573. The molecule has 0 bridgehead atoms. The molecule has 0 aliphatic carbocycles. The fourth-order valence-corrected chi connectivity index (χ4v) is 4.31. The van der Waals surface area contributed by atoms with Crippen molar-refractivity contribution in [1.29, 1.82) is 0 Å². The van der Waals surface area contributed by atoms with Crippen LogP contribution in [0.5, 0.6) is 5.75 Å². The largest absolute Gasteiger partial charge is 0.485 e. The predicted octanol–water partition coefficient (Wildman–Crippen LogP) is 4.43. The number of carbonyl (C=O) groups is 1. The second-order valence-corrected chi connectivity index (χ2v) is 8.98. The molecule has 32 heavy (non-hydrogen) atoms. The van der Waals surface area contributed by atoms with Gasteiger partial charge in [0.2, 0.25) is 0 Å². The van der Waals surface area contributed by atoms with Crippen molar-refractivity contribution in [2.45, 2.75) is 38.8 Å². The van der Waals surface area contributed by atoms with E-state index in [1.807, 2.05) is 6.92 Å². The first kappa shape index (κ1) is 22.8. The fourth-order valence-electron chi connectivity index (χ4n) is 4.14. The smallest absolute Gasteiger partial charge is 0.170 e. The summed E-state index contributed by atoms with van der Waals surface area (Å²) in [6, 6.07) is 5.92. The van der Waals surface area contributed by atoms with E-state index in [9.17, 15) is 9.18 Å². The number of nitrogens with zero attached hydrogens (tertiary/aromatic N) is 3. The Kier molecular flexibility index (Phi) is 7.18. The van der Waals surface area contributed by atoms with Gasteiger partial charge < -0.3 is 15.0 Å². The Morgan fingerprint density at radius 1 is 1.31 bits per heavy atom. The zero-order valence-corrected chi connectivity index (χ0v) is 19.2. The standard InChI is InChI=1S/C24H28ClFN4O2/c1-15(32-17-3-4-20(26)19(25)11-17)21-12-23(31)18-5-8-28-22(24(18)29-21)14-27-13-16-6-9-30(2)10-7-16/h3-5,8,11,15-16,27H,6-7,9-10,12-14H2,1-2H3/t15-/m1/s1. The summed E-state index contributed by atoms with van der Waals surface area (Å²) < 4.78 is 19.3. The Labute approximate surface area is 192 Å². The molecule has 170 valence electrons. The number of likely N-dealkylation sites (tertiary alicyclic amines) is 1. The van der Waals surface area contributed by atoms with Crippen LogP contribution in [0.3, 0.4) is 0 Å². The van der Waals surface area contributed by atoms with E-state index in [0.717, 1.165) is 25.3 Å². The molecule has 8 heteroatoms. The maximum atomic E-state index is 13.4. The van der Waals surface area contributed by atoms with Crippen LogP contribution in [0.1, 0.15) is 42.2 Å². The second-order valence-electron chi connectivity index (χ2n) is 8.57. The summed E-state index contributed by atoms with van der Waals surface area (Å²) in [7, 11) is 2.16. The third-order valence-corrected chi connectivity index (χ3v) is 6.42. The average Bonchev–Trinajstić information content (AvgIpc) is 2.78. The van der Waals surface area contributed by atoms with E-state index in [0.29, 0.717) is 35.2 Å². The zero-order chi connectivity index (χ0) is 22.7. The molecule has 1 N–H and O–H groups in total. The Balaban J connectivity index is 1.46. The number of aliphatic imine (C=N–C) groups is 1. The molecular formula is C24H28ClFN4O2. The predicted molar refractivity (Wildman–Crippen MR) is 124 cm³/mol. The zero-order valence-electron chi connectivity index (χ0n) is 18.4. The molecule has 2 aliphatic rings. The van der Waals surface area contributed by atoms with Crippen LogP contribution in [0.4, 0.5) is 10.1 Å². The summed E-state index contributed by atoms with van der Waals surface area (Å²) in [6.07, 6.45) is 3.76. The van der Waals surface area contributed by atoms with Crippen LogP contribution in [0.15, 0.2) is 35.5 Å². The van der Waals surface area contributed by atoms with Crippen LogP contribution < -0.4 is 10.1 Å². The van der Waals surface area contributed by atoms with Gasteiger partial charge in [-0.05, 0) is 70.6 Å². The summed E-state index contributed by atoms with van der Waals surface area (Å²) in [5, 5.41) is 3.49. The highest BCUT2D eigenvalue weighted by Crippen LogP contribution is 2.30. The number of fused-ring (bicyclic) bond motifs is 1. The molecule has 0 saturated carbocycles. The van der Waals surface area contributed by atoms with E-state index in [1.165, 1.54) is 31.0 Å². The SMILES string of the molecule is C[C@@H](Oc1ccc(F)c(Cl)c1)C1=Nc2c(ccnc2CNCC2CCN(C)CC2)C(=O)C1. The summed E-state index contributed by atoms with van der Waals surface area (Å²) >= 11 is 5.85. The molecule has 1 saturated heterocycles.